The summed E-state index contributed by atoms with van der Waals surface area (Å²) in [7, 11) is 0. The number of pyridine rings is 1. The average Bonchev–Trinajstić information content (AvgIpc) is 3.44. The zero-order valence-electron chi connectivity index (χ0n) is 20.3. The van der Waals surface area contributed by atoms with Crippen molar-refractivity contribution in [1.82, 2.24) is 20.1 Å². The van der Waals surface area contributed by atoms with Gasteiger partial charge in [0.1, 0.15) is 11.7 Å². The van der Waals surface area contributed by atoms with Crippen molar-refractivity contribution in [2.24, 2.45) is 4.99 Å². The number of nitrogen functional groups attached to an aromatic ring is 1. The van der Waals surface area contributed by atoms with Gasteiger partial charge in [-0.3, -0.25) is 14.7 Å². The fraction of sp³-hybridized carbons (Fsp3) is 0.500. The minimum Gasteiger partial charge on any atom is -0.399 e. The Bertz CT molecular complexity index is 1080. The third kappa shape index (κ3) is 5.09. The highest BCUT2D eigenvalue weighted by atomic mass is 35.5. The lowest BCUT2D eigenvalue weighted by Crippen LogP contribution is -2.58. The van der Waals surface area contributed by atoms with Gasteiger partial charge >= 0.3 is 0 Å². The summed E-state index contributed by atoms with van der Waals surface area (Å²) in [6.45, 7) is 8.27. The number of carbonyl (C=O) groups is 1. The number of aliphatic imine (C=N–C) groups is 1. The molecule has 2 aromatic rings. The highest BCUT2D eigenvalue weighted by Crippen LogP contribution is 2.30. The number of amides is 1. The summed E-state index contributed by atoms with van der Waals surface area (Å²) in [5, 5.41) is 3.96. The molecule has 0 unspecified atom stereocenters. The average molecular weight is 496 g/mol. The number of nitrogens with two attached hydrogens (primary N) is 1. The second kappa shape index (κ2) is 10.4. The predicted molar refractivity (Wildman–Crippen MR) is 141 cm³/mol. The first-order chi connectivity index (χ1) is 17.0. The molecular weight excluding hydrogens is 462 g/mol. The molecule has 1 atom stereocenters. The Hall–Kier alpha value is -2.84. The zero-order chi connectivity index (χ0) is 24.4. The molecule has 1 aromatic heterocycles. The summed E-state index contributed by atoms with van der Waals surface area (Å²) in [5.74, 6) is 1.84. The number of nitrogens with one attached hydrogen (secondary N) is 1. The minimum absolute atomic E-state index is 0.100. The van der Waals surface area contributed by atoms with Crippen LogP contribution < -0.4 is 16.0 Å². The molecule has 4 heterocycles. The number of nitrogens with zero attached hydrogens (tertiary/aromatic N) is 5. The molecule has 9 heteroatoms. The van der Waals surface area contributed by atoms with Gasteiger partial charge in [0.25, 0.3) is 5.91 Å². The fourth-order valence-electron chi connectivity index (χ4n) is 5.50. The van der Waals surface area contributed by atoms with Gasteiger partial charge < -0.3 is 20.9 Å². The van der Waals surface area contributed by atoms with Crippen LogP contribution in [0.1, 0.15) is 42.1 Å². The summed E-state index contributed by atoms with van der Waals surface area (Å²) in [4.78, 5) is 29.0. The lowest BCUT2D eigenvalue weighted by Gasteiger charge is -2.47. The van der Waals surface area contributed by atoms with E-state index in [4.69, 9.17) is 22.3 Å². The quantitative estimate of drug-likeness (QED) is 0.620. The Balaban J connectivity index is 1.19. The highest BCUT2D eigenvalue weighted by Gasteiger charge is 2.35. The van der Waals surface area contributed by atoms with E-state index in [0.29, 0.717) is 28.4 Å². The van der Waals surface area contributed by atoms with Gasteiger partial charge in [-0.05, 0) is 49.6 Å². The molecule has 1 amide bonds. The third-order valence-corrected chi connectivity index (χ3v) is 7.72. The fourth-order valence-corrected chi connectivity index (χ4v) is 5.78. The van der Waals surface area contributed by atoms with E-state index in [0.717, 1.165) is 82.3 Å². The second-order valence-corrected chi connectivity index (χ2v) is 9.99. The van der Waals surface area contributed by atoms with Crippen LogP contribution in [0.5, 0.6) is 0 Å². The topological polar surface area (TPSA) is 90.1 Å². The van der Waals surface area contributed by atoms with E-state index in [2.05, 4.69) is 27.0 Å². The molecule has 2 saturated heterocycles. The minimum atomic E-state index is 0.100. The summed E-state index contributed by atoms with van der Waals surface area (Å²) >= 11 is 6.68. The van der Waals surface area contributed by atoms with Crippen LogP contribution >= 0.6 is 11.6 Å². The van der Waals surface area contributed by atoms with Crippen molar-refractivity contribution >= 4 is 34.8 Å². The third-order valence-electron chi connectivity index (χ3n) is 7.45. The summed E-state index contributed by atoms with van der Waals surface area (Å²) in [6, 6.07) is 10.1. The molecule has 186 valence electrons. The number of piperazine rings is 1. The monoisotopic (exact) mass is 495 g/mol. The first-order valence-corrected chi connectivity index (χ1v) is 13.0. The molecule has 3 N–H and O–H groups in total. The Morgan fingerprint density at radius 2 is 1.94 bits per heavy atom. The molecule has 1 aromatic carbocycles. The number of rotatable bonds is 5. The van der Waals surface area contributed by atoms with Gasteiger partial charge in [0.15, 0.2) is 0 Å². The first-order valence-electron chi connectivity index (χ1n) is 12.6. The van der Waals surface area contributed by atoms with Crippen LogP contribution in [0.2, 0.25) is 5.02 Å². The number of likely N-dealkylation sites (tertiary alicyclic amines) is 1. The predicted octanol–water partition coefficient (Wildman–Crippen LogP) is 2.87. The molecule has 5 rings (SSSR count). The molecule has 8 nitrogen and oxygen atoms in total. The Kier molecular flexibility index (Phi) is 7.11. The molecule has 0 aliphatic carbocycles. The second-order valence-electron chi connectivity index (χ2n) is 9.58. The lowest BCUT2D eigenvalue weighted by atomic mass is 9.97. The maximum Gasteiger partial charge on any atom is 0.253 e. The summed E-state index contributed by atoms with van der Waals surface area (Å²) < 4.78 is 0. The summed E-state index contributed by atoms with van der Waals surface area (Å²) in [6.07, 6.45) is 4.94. The van der Waals surface area contributed by atoms with Crippen molar-refractivity contribution in [3.05, 3.63) is 52.7 Å². The van der Waals surface area contributed by atoms with Gasteiger partial charge in [0, 0.05) is 74.4 Å². The van der Waals surface area contributed by atoms with Gasteiger partial charge in [0.2, 0.25) is 0 Å². The van der Waals surface area contributed by atoms with E-state index in [1.807, 2.05) is 29.3 Å². The maximum atomic E-state index is 12.9. The SMILES string of the molecule is CC[C@H]1CN(c2ncc(C3=NCCN3)cc2Cl)CCN1C1CCN(C(=O)c2ccc(N)cc2)CC1. The number of aromatic nitrogens is 1. The lowest BCUT2D eigenvalue weighted by molar-refractivity contribution is 0.0491. The molecule has 2 fully saturated rings. The number of anilines is 2. The largest absolute Gasteiger partial charge is 0.399 e. The van der Waals surface area contributed by atoms with E-state index >= 15 is 0 Å². The number of carbonyl (C=O) groups excluding carboxylic acids is 1. The van der Waals surface area contributed by atoms with Crippen LogP contribution in [0.15, 0.2) is 41.5 Å². The van der Waals surface area contributed by atoms with Crippen LogP contribution in [0.3, 0.4) is 0 Å². The molecule has 0 radical (unpaired) electrons. The van der Waals surface area contributed by atoms with Gasteiger partial charge in [-0.1, -0.05) is 18.5 Å². The molecule has 3 aliphatic rings. The van der Waals surface area contributed by atoms with Crippen LogP contribution in [0.25, 0.3) is 0 Å². The number of piperidine rings is 1. The number of benzene rings is 1. The van der Waals surface area contributed by atoms with Gasteiger partial charge in [0.05, 0.1) is 11.6 Å². The first kappa shape index (κ1) is 23.9. The van der Waals surface area contributed by atoms with Crippen LogP contribution in [-0.2, 0) is 0 Å². The molecule has 3 aliphatic heterocycles. The van der Waals surface area contributed by atoms with E-state index in [1.165, 1.54) is 0 Å². The van der Waals surface area contributed by atoms with E-state index < -0.39 is 0 Å². The Morgan fingerprint density at radius 1 is 1.17 bits per heavy atom. The molecule has 0 bridgehead atoms. The highest BCUT2D eigenvalue weighted by molar-refractivity contribution is 6.33. The van der Waals surface area contributed by atoms with E-state index in [-0.39, 0.29) is 5.91 Å². The standard InChI is InChI=1S/C26H34ClN7O/c1-2-21-17-33(25-23(27)15-19(16-31-25)24-29-9-10-30-24)13-14-34(21)22-7-11-32(12-8-22)26(35)18-3-5-20(28)6-4-18/h3-6,15-16,21-22H,2,7-14,17,28H2,1H3,(H,29,30)/t21-/m0/s1. The van der Waals surface area contributed by atoms with Crippen LogP contribution in [-0.4, -0.2) is 84.4 Å². The molecule has 0 saturated carbocycles. The summed E-state index contributed by atoms with van der Waals surface area (Å²) in [5.41, 5.74) is 8.10. The van der Waals surface area contributed by atoms with E-state index in [9.17, 15) is 4.79 Å². The normalized spacial score (nSPS) is 21.7. The van der Waals surface area contributed by atoms with Crippen molar-refractivity contribution in [1.29, 1.82) is 0 Å². The number of amidine groups is 1. The smallest absolute Gasteiger partial charge is 0.253 e. The maximum absolute atomic E-state index is 12.9. The van der Waals surface area contributed by atoms with Crippen molar-refractivity contribution in [2.75, 3.05) is 56.4 Å². The van der Waals surface area contributed by atoms with Crippen molar-refractivity contribution < 1.29 is 4.79 Å². The van der Waals surface area contributed by atoms with Crippen LogP contribution in [0, 0.1) is 0 Å². The van der Waals surface area contributed by atoms with Crippen LogP contribution in [0.4, 0.5) is 11.5 Å². The van der Waals surface area contributed by atoms with Crippen molar-refractivity contribution in [3.63, 3.8) is 0 Å². The number of hydrogen-bond acceptors (Lipinski definition) is 7. The Morgan fingerprint density at radius 3 is 2.60 bits per heavy atom. The Labute approximate surface area is 212 Å². The van der Waals surface area contributed by atoms with Gasteiger partial charge in [-0.15, -0.1) is 0 Å². The van der Waals surface area contributed by atoms with Gasteiger partial charge in [-0.25, -0.2) is 4.98 Å². The molecule has 35 heavy (non-hydrogen) atoms. The van der Waals surface area contributed by atoms with Crippen molar-refractivity contribution in [3.8, 4) is 0 Å². The molecular formula is C26H34ClN7O. The zero-order valence-corrected chi connectivity index (χ0v) is 21.0. The number of halogens is 1. The number of hydrogen-bond donors (Lipinski definition) is 2. The van der Waals surface area contributed by atoms with Gasteiger partial charge in [-0.2, -0.15) is 0 Å². The van der Waals surface area contributed by atoms with E-state index in [1.54, 1.807) is 12.1 Å². The van der Waals surface area contributed by atoms with Crippen molar-refractivity contribution in [2.45, 2.75) is 38.3 Å². The molecule has 0 spiro atoms.